The van der Waals surface area contributed by atoms with Crippen LogP contribution in [0.15, 0.2) is 60.9 Å². The van der Waals surface area contributed by atoms with E-state index >= 15 is 0 Å². The molecule has 0 saturated heterocycles. The molecule has 0 atom stereocenters. The lowest BCUT2D eigenvalue weighted by molar-refractivity contribution is -0.120. The Kier molecular flexibility index (Phi) is 6.46. The number of hydrogen-bond acceptors (Lipinski definition) is 7. The standard InChI is InChI=1S/C23H20FN3O4S/c1-29-18-9-10-19(30-2)22-21(18)26-23(32-22)27(13-15-6-5-11-25-12-15)20(28)14-31-17-8-4-3-7-16(17)24/h3-12H,13-14H2,1-2H3. The van der Waals surface area contributed by atoms with Gasteiger partial charge in [-0.3, -0.25) is 14.7 Å². The summed E-state index contributed by atoms with van der Waals surface area (Å²) in [5.41, 5.74) is 1.40. The van der Waals surface area contributed by atoms with Crippen LogP contribution in [0.2, 0.25) is 0 Å². The highest BCUT2D eigenvalue weighted by Crippen LogP contribution is 2.40. The number of para-hydroxylation sites is 1. The average Bonchev–Trinajstić information content (AvgIpc) is 3.27. The molecule has 0 N–H and O–H groups in total. The van der Waals surface area contributed by atoms with Crippen LogP contribution in [0.5, 0.6) is 17.2 Å². The molecule has 0 fully saturated rings. The fourth-order valence-corrected chi connectivity index (χ4v) is 4.20. The van der Waals surface area contributed by atoms with E-state index in [2.05, 4.69) is 9.97 Å². The highest BCUT2D eigenvalue weighted by atomic mass is 32.1. The number of hydrogen-bond donors (Lipinski definition) is 0. The number of ether oxygens (including phenoxy) is 3. The Hall–Kier alpha value is -3.72. The van der Waals surface area contributed by atoms with Gasteiger partial charge >= 0.3 is 0 Å². The zero-order valence-corrected chi connectivity index (χ0v) is 18.3. The largest absolute Gasteiger partial charge is 0.495 e. The van der Waals surface area contributed by atoms with Gasteiger partial charge in [-0.05, 0) is 35.9 Å². The number of pyridine rings is 1. The summed E-state index contributed by atoms with van der Waals surface area (Å²) in [7, 11) is 3.13. The maximum Gasteiger partial charge on any atom is 0.267 e. The number of anilines is 1. The second-order valence-electron chi connectivity index (χ2n) is 6.70. The highest BCUT2D eigenvalue weighted by molar-refractivity contribution is 7.22. The first-order valence-electron chi connectivity index (χ1n) is 9.69. The molecule has 0 unspecified atom stereocenters. The molecule has 0 aliphatic heterocycles. The summed E-state index contributed by atoms with van der Waals surface area (Å²) >= 11 is 1.30. The van der Waals surface area contributed by atoms with Gasteiger partial charge in [-0.15, -0.1) is 0 Å². The Bertz CT molecular complexity index is 1190. The van der Waals surface area contributed by atoms with Crippen LogP contribution in [-0.4, -0.2) is 36.7 Å². The van der Waals surface area contributed by atoms with Gasteiger partial charge in [-0.25, -0.2) is 9.37 Å². The number of carbonyl (C=O) groups excluding carboxylic acids is 1. The molecule has 164 valence electrons. The van der Waals surface area contributed by atoms with Gasteiger partial charge in [0.15, 0.2) is 23.3 Å². The minimum Gasteiger partial charge on any atom is -0.495 e. The van der Waals surface area contributed by atoms with E-state index in [4.69, 9.17) is 14.2 Å². The molecule has 0 spiro atoms. The van der Waals surface area contributed by atoms with Crippen LogP contribution in [0.25, 0.3) is 10.2 Å². The quantitative estimate of drug-likeness (QED) is 0.392. The number of halogens is 1. The Balaban J connectivity index is 1.69. The summed E-state index contributed by atoms with van der Waals surface area (Å²) in [4.78, 5) is 23.4. The van der Waals surface area contributed by atoms with Gasteiger partial charge in [0.2, 0.25) is 0 Å². The number of nitrogens with zero attached hydrogens (tertiary/aromatic N) is 3. The molecule has 9 heteroatoms. The van der Waals surface area contributed by atoms with Gasteiger partial charge < -0.3 is 14.2 Å². The van der Waals surface area contributed by atoms with Crippen molar-refractivity contribution in [3.63, 3.8) is 0 Å². The molecule has 0 bridgehead atoms. The Morgan fingerprint density at radius 3 is 2.53 bits per heavy atom. The molecule has 2 aromatic heterocycles. The number of methoxy groups -OCH3 is 2. The summed E-state index contributed by atoms with van der Waals surface area (Å²) < 4.78 is 31.0. The molecule has 1 amide bonds. The van der Waals surface area contributed by atoms with Crippen molar-refractivity contribution < 1.29 is 23.4 Å². The van der Waals surface area contributed by atoms with Crippen molar-refractivity contribution in [1.82, 2.24) is 9.97 Å². The summed E-state index contributed by atoms with van der Waals surface area (Å²) in [6.45, 7) is -0.136. The molecule has 0 saturated carbocycles. The van der Waals surface area contributed by atoms with E-state index in [1.54, 1.807) is 56.9 Å². The first-order chi connectivity index (χ1) is 15.6. The predicted molar refractivity (Wildman–Crippen MR) is 120 cm³/mol. The van der Waals surface area contributed by atoms with Crippen LogP contribution in [0.3, 0.4) is 0 Å². The topological polar surface area (TPSA) is 73.8 Å². The Morgan fingerprint density at radius 2 is 1.81 bits per heavy atom. The smallest absolute Gasteiger partial charge is 0.267 e. The molecule has 32 heavy (non-hydrogen) atoms. The van der Waals surface area contributed by atoms with Crippen molar-refractivity contribution in [1.29, 1.82) is 0 Å². The number of carbonyl (C=O) groups is 1. The van der Waals surface area contributed by atoms with Crippen LogP contribution in [-0.2, 0) is 11.3 Å². The third-order valence-corrected chi connectivity index (χ3v) is 5.78. The first-order valence-corrected chi connectivity index (χ1v) is 10.5. The van der Waals surface area contributed by atoms with E-state index in [1.807, 2.05) is 6.07 Å². The molecular formula is C23H20FN3O4S. The van der Waals surface area contributed by atoms with Gasteiger partial charge in [0, 0.05) is 12.4 Å². The zero-order chi connectivity index (χ0) is 22.5. The average molecular weight is 453 g/mol. The summed E-state index contributed by atoms with van der Waals surface area (Å²) in [5, 5.41) is 0.439. The third kappa shape index (κ3) is 4.47. The first kappa shape index (κ1) is 21.5. The van der Waals surface area contributed by atoms with Crippen molar-refractivity contribution in [2.75, 3.05) is 25.7 Å². The van der Waals surface area contributed by atoms with Crippen LogP contribution in [0.1, 0.15) is 5.56 Å². The molecule has 0 radical (unpaired) electrons. The van der Waals surface area contributed by atoms with E-state index in [9.17, 15) is 9.18 Å². The molecule has 7 nitrogen and oxygen atoms in total. The number of rotatable bonds is 8. The Morgan fingerprint density at radius 1 is 1.03 bits per heavy atom. The lowest BCUT2D eigenvalue weighted by Crippen LogP contribution is -2.34. The van der Waals surface area contributed by atoms with Gasteiger partial charge in [-0.2, -0.15) is 0 Å². The summed E-state index contributed by atoms with van der Waals surface area (Å²) in [6, 6.07) is 13.2. The number of fused-ring (bicyclic) bond motifs is 1. The van der Waals surface area contributed by atoms with E-state index in [0.29, 0.717) is 22.1 Å². The lowest BCUT2D eigenvalue weighted by atomic mass is 10.2. The van der Waals surface area contributed by atoms with Crippen LogP contribution < -0.4 is 19.1 Å². The van der Waals surface area contributed by atoms with Gasteiger partial charge in [-0.1, -0.05) is 29.5 Å². The second-order valence-corrected chi connectivity index (χ2v) is 7.68. The van der Waals surface area contributed by atoms with Crippen LogP contribution in [0, 0.1) is 5.82 Å². The molecule has 4 aromatic rings. The summed E-state index contributed by atoms with van der Waals surface area (Å²) in [5.74, 6) is 0.290. The van der Waals surface area contributed by atoms with Crippen LogP contribution >= 0.6 is 11.3 Å². The molecule has 2 aromatic carbocycles. The number of amides is 1. The normalized spacial score (nSPS) is 10.7. The van der Waals surface area contributed by atoms with E-state index in [1.165, 1.54) is 28.4 Å². The molecule has 4 rings (SSSR count). The minimum atomic E-state index is -0.534. The third-order valence-electron chi connectivity index (χ3n) is 4.68. The molecule has 0 aliphatic rings. The Labute approximate surface area is 188 Å². The lowest BCUT2D eigenvalue weighted by Gasteiger charge is -2.20. The van der Waals surface area contributed by atoms with Crippen molar-refractivity contribution in [3.8, 4) is 17.2 Å². The monoisotopic (exact) mass is 453 g/mol. The number of benzene rings is 2. The maximum absolute atomic E-state index is 13.9. The maximum atomic E-state index is 13.9. The van der Waals surface area contributed by atoms with Crippen molar-refractivity contribution >= 4 is 32.6 Å². The highest BCUT2D eigenvalue weighted by Gasteiger charge is 2.24. The minimum absolute atomic E-state index is 0.00909. The predicted octanol–water partition coefficient (Wildman–Crippen LogP) is 4.46. The molecular weight excluding hydrogens is 433 g/mol. The van der Waals surface area contributed by atoms with Crippen molar-refractivity contribution in [3.05, 3.63) is 72.3 Å². The van der Waals surface area contributed by atoms with E-state index < -0.39 is 5.82 Å². The van der Waals surface area contributed by atoms with Crippen molar-refractivity contribution in [2.24, 2.45) is 0 Å². The molecule has 0 aliphatic carbocycles. The zero-order valence-electron chi connectivity index (χ0n) is 17.4. The number of aromatic nitrogens is 2. The summed E-state index contributed by atoms with van der Waals surface area (Å²) in [6.07, 6.45) is 3.33. The molecule has 2 heterocycles. The van der Waals surface area contributed by atoms with Gasteiger partial charge in [0.25, 0.3) is 5.91 Å². The fraction of sp³-hybridized carbons (Fsp3) is 0.174. The van der Waals surface area contributed by atoms with E-state index in [0.717, 1.165) is 10.3 Å². The van der Waals surface area contributed by atoms with Gasteiger partial charge in [0.05, 0.1) is 20.8 Å². The second kappa shape index (κ2) is 9.61. The van der Waals surface area contributed by atoms with Gasteiger partial charge in [0.1, 0.15) is 21.7 Å². The SMILES string of the molecule is COc1ccc(OC)c2sc(N(Cc3cccnc3)C(=O)COc3ccccc3F)nc12. The van der Waals surface area contributed by atoms with Crippen molar-refractivity contribution in [2.45, 2.75) is 6.54 Å². The fourth-order valence-electron chi connectivity index (χ4n) is 3.11. The number of thiazole rings is 1. The van der Waals surface area contributed by atoms with Crippen LogP contribution in [0.4, 0.5) is 9.52 Å². The van der Waals surface area contributed by atoms with E-state index in [-0.39, 0.29) is 24.8 Å².